The number of methoxy groups -OCH3 is 1. The molecule has 8 heteroatoms. The van der Waals surface area contributed by atoms with Crippen molar-refractivity contribution in [2.45, 2.75) is 6.04 Å². The Labute approximate surface area is 151 Å². The van der Waals surface area contributed by atoms with Gasteiger partial charge in [-0.2, -0.15) is 0 Å². The maximum atomic E-state index is 12.1. The van der Waals surface area contributed by atoms with E-state index in [1.807, 2.05) is 22.6 Å². The highest BCUT2D eigenvalue weighted by atomic mass is 127. The number of ether oxygens (including phenoxy) is 1. The molecule has 0 fully saturated rings. The van der Waals surface area contributed by atoms with E-state index in [-0.39, 0.29) is 0 Å². The molecule has 0 aliphatic carbocycles. The first-order chi connectivity index (χ1) is 10.5. The number of nitrogens with one attached hydrogen (secondary N) is 1. The van der Waals surface area contributed by atoms with Crippen LogP contribution in [0, 0.1) is 0 Å². The summed E-state index contributed by atoms with van der Waals surface area (Å²) >= 11 is 14.2. The zero-order chi connectivity index (χ0) is 16.3. The molecule has 1 atom stereocenters. The number of aliphatic imine (C=N–C) groups is 2. The molecular weight excluding hydrogens is 440 g/mol. The average Bonchev–Trinajstić information content (AvgIpc) is 2.46. The number of benzene rings is 1. The fourth-order valence-corrected chi connectivity index (χ4v) is 3.29. The highest BCUT2D eigenvalue weighted by Gasteiger charge is 2.31. The molecule has 0 radical (unpaired) electrons. The Morgan fingerprint density at radius 3 is 2.82 bits per heavy atom. The van der Waals surface area contributed by atoms with Crippen molar-refractivity contribution < 1.29 is 9.53 Å². The maximum Gasteiger partial charge on any atom is 0.338 e. The largest absolute Gasteiger partial charge is 0.466 e. The van der Waals surface area contributed by atoms with Gasteiger partial charge in [-0.25, -0.2) is 4.79 Å². The normalized spacial score (nSPS) is 18.2. The van der Waals surface area contributed by atoms with Crippen LogP contribution in [-0.2, 0) is 9.53 Å². The van der Waals surface area contributed by atoms with Crippen molar-refractivity contribution in [2.24, 2.45) is 9.98 Å². The van der Waals surface area contributed by atoms with E-state index in [0.29, 0.717) is 30.7 Å². The topological polar surface area (TPSA) is 63.0 Å². The quantitative estimate of drug-likeness (QED) is 0.331. The Bertz CT molecular complexity index is 701. The van der Waals surface area contributed by atoms with Crippen LogP contribution in [0.5, 0.6) is 0 Å². The number of hydrogen-bond donors (Lipinski definition) is 1. The van der Waals surface area contributed by atoms with Crippen LogP contribution in [-0.4, -0.2) is 32.2 Å². The average molecular weight is 452 g/mol. The molecule has 116 valence electrons. The summed E-state index contributed by atoms with van der Waals surface area (Å²) in [4.78, 5) is 20.5. The van der Waals surface area contributed by atoms with Gasteiger partial charge in [0, 0.05) is 22.7 Å². The van der Waals surface area contributed by atoms with Crippen molar-refractivity contribution in [2.75, 3.05) is 14.2 Å². The summed E-state index contributed by atoms with van der Waals surface area (Å²) in [6, 6.07) is 4.48. The molecule has 5 nitrogen and oxygen atoms in total. The number of amidine groups is 1. The maximum absolute atomic E-state index is 12.1. The second kappa shape index (κ2) is 7.43. The number of carbonyl (C=O) groups excluding carboxylic acids is 1. The molecular formula is C14H12Cl2IN3O2. The number of esters is 1. The fourth-order valence-electron chi connectivity index (χ4n) is 1.98. The summed E-state index contributed by atoms with van der Waals surface area (Å²) in [6.45, 7) is 0. The molecule has 0 amide bonds. The van der Waals surface area contributed by atoms with Gasteiger partial charge in [0.05, 0.1) is 22.6 Å². The molecule has 0 saturated heterocycles. The van der Waals surface area contributed by atoms with Crippen LogP contribution in [0.4, 0.5) is 0 Å². The Hall–Kier alpha value is -1.12. The van der Waals surface area contributed by atoms with Crippen LogP contribution >= 0.6 is 45.8 Å². The van der Waals surface area contributed by atoms with Gasteiger partial charge < -0.3 is 10.1 Å². The lowest BCUT2D eigenvalue weighted by atomic mass is 9.98. The molecule has 1 aromatic rings. The standard InChI is InChI=1S/C14H12Cl2IN3O2/c1-18-6-10-19-12(8-4-3-7(15)5-9(8)16)11(13(17)20-10)14(21)22-2/h3-6,12H,1-2H3,(H,19,20). The van der Waals surface area contributed by atoms with Crippen molar-refractivity contribution in [3.63, 3.8) is 0 Å². The molecule has 2 rings (SSSR count). The van der Waals surface area contributed by atoms with Crippen LogP contribution < -0.4 is 5.32 Å². The van der Waals surface area contributed by atoms with Gasteiger partial charge in [0.25, 0.3) is 0 Å². The van der Waals surface area contributed by atoms with Crippen LogP contribution in [0.2, 0.25) is 10.0 Å². The zero-order valence-corrected chi connectivity index (χ0v) is 15.4. The summed E-state index contributed by atoms with van der Waals surface area (Å²) in [5, 5.41) is 3.96. The fraction of sp³-hybridized carbons (Fsp3) is 0.214. The van der Waals surface area contributed by atoms with E-state index in [2.05, 4.69) is 15.3 Å². The third kappa shape index (κ3) is 3.61. The Kier molecular flexibility index (Phi) is 5.82. The van der Waals surface area contributed by atoms with Crippen LogP contribution in [0.1, 0.15) is 11.6 Å². The van der Waals surface area contributed by atoms with Crippen molar-refractivity contribution in [3.05, 3.63) is 43.1 Å². The van der Waals surface area contributed by atoms with Crippen LogP contribution in [0.3, 0.4) is 0 Å². The number of rotatable bonds is 3. The summed E-state index contributed by atoms with van der Waals surface area (Å²) < 4.78 is 5.47. The van der Waals surface area contributed by atoms with Crippen molar-refractivity contribution >= 4 is 63.8 Å². The first-order valence-corrected chi connectivity index (χ1v) is 8.01. The summed E-state index contributed by atoms with van der Waals surface area (Å²) in [6.07, 6.45) is 1.57. The summed E-state index contributed by atoms with van der Waals surface area (Å²) in [5.74, 6) is 0.0692. The van der Waals surface area contributed by atoms with Gasteiger partial charge in [-0.1, -0.05) is 29.3 Å². The van der Waals surface area contributed by atoms with E-state index in [1.54, 1.807) is 31.5 Å². The molecule has 1 aliphatic rings. The molecule has 1 aliphatic heterocycles. The molecule has 0 aromatic heterocycles. The SMILES string of the molecule is CN=CC1=NC(c2ccc(Cl)cc2Cl)C(C(=O)OC)=C(I)N1. The Morgan fingerprint density at radius 1 is 1.50 bits per heavy atom. The van der Waals surface area contributed by atoms with Crippen molar-refractivity contribution in [1.82, 2.24) is 5.32 Å². The van der Waals surface area contributed by atoms with Gasteiger partial charge in [0.15, 0.2) is 0 Å². The van der Waals surface area contributed by atoms with E-state index >= 15 is 0 Å². The minimum atomic E-state index is -0.585. The van der Waals surface area contributed by atoms with E-state index in [0.717, 1.165) is 0 Å². The van der Waals surface area contributed by atoms with Crippen molar-refractivity contribution in [1.29, 1.82) is 0 Å². The van der Waals surface area contributed by atoms with Gasteiger partial charge in [0.2, 0.25) is 0 Å². The van der Waals surface area contributed by atoms with E-state index in [1.165, 1.54) is 7.11 Å². The predicted molar refractivity (Wildman–Crippen MR) is 97.3 cm³/mol. The lowest BCUT2D eigenvalue weighted by Gasteiger charge is -2.24. The molecule has 0 spiro atoms. The van der Waals surface area contributed by atoms with Gasteiger partial charge in [0.1, 0.15) is 11.9 Å². The third-order valence-corrected chi connectivity index (χ3v) is 4.34. The summed E-state index contributed by atoms with van der Waals surface area (Å²) in [7, 11) is 2.97. The minimum absolute atomic E-state index is 0.389. The van der Waals surface area contributed by atoms with Crippen LogP contribution in [0.25, 0.3) is 0 Å². The highest BCUT2D eigenvalue weighted by molar-refractivity contribution is 14.1. The van der Waals surface area contributed by atoms with E-state index < -0.39 is 12.0 Å². The highest BCUT2D eigenvalue weighted by Crippen LogP contribution is 2.37. The van der Waals surface area contributed by atoms with Crippen molar-refractivity contribution in [3.8, 4) is 0 Å². The van der Waals surface area contributed by atoms with Gasteiger partial charge in [-0.15, -0.1) is 0 Å². The summed E-state index contributed by atoms with van der Waals surface area (Å²) in [5.41, 5.74) is 1.06. The monoisotopic (exact) mass is 451 g/mol. The molecule has 1 N–H and O–H groups in total. The van der Waals surface area contributed by atoms with E-state index in [9.17, 15) is 4.79 Å². The second-order valence-corrected chi connectivity index (χ2v) is 6.24. The third-order valence-electron chi connectivity index (χ3n) is 2.93. The number of halogens is 3. The first kappa shape index (κ1) is 17.2. The second-order valence-electron chi connectivity index (χ2n) is 4.31. The molecule has 0 bridgehead atoms. The zero-order valence-electron chi connectivity index (χ0n) is 11.7. The van der Waals surface area contributed by atoms with E-state index in [4.69, 9.17) is 27.9 Å². The van der Waals surface area contributed by atoms with Gasteiger partial charge in [-0.05, 0) is 34.7 Å². The predicted octanol–water partition coefficient (Wildman–Crippen LogP) is 3.56. The minimum Gasteiger partial charge on any atom is -0.466 e. The first-order valence-electron chi connectivity index (χ1n) is 6.17. The molecule has 1 unspecified atom stereocenters. The molecule has 1 aromatic carbocycles. The Morgan fingerprint density at radius 2 is 2.23 bits per heavy atom. The molecule has 0 saturated carbocycles. The van der Waals surface area contributed by atoms with Crippen LogP contribution in [0.15, 0.2) is 37.5 Å². The van der Waals surface area contributed by atoms with Gasteiger partial charge >= 0.3 is 5.97 Å². The lowest BCUT2D eigenvalue weighted by Crippen LogP contribution is -2.31. The number of carbonyl (C=O) groups is 1. The lowest BCUT2D eigenvalue weighted by molar-refractivity contribution is -0.136. The molecule has 1 heterocycles. The molecule has 22 heavy (non-hydrogen) atoms. The smallest absolute Gasteiger partial charge is 0.338 e. The van der Waals surface area contributed by atoms with Gasteiger partial charge in [-0.3, -0.25) is 9.98 Å². The number of nitrogens with zero attached hydrogens (tertiary/aromatic N) is 2. The number of hydrogen-bond acceptors (Lipinski definition) is 5. The Balaban J connectivity index is 2.58.